The van der Waals surface area contributed by atoms with Gasteiger partial charge in [-0.1, -0.05) is 12.1 Å². The lowest BCUT2D eigenvalue weighted by Crippen LogP contribution is -2.13. The Morgan fingerprint density at radius 1 is 1.12 bits per heavy atom. The van der Waals surface area contributed by atoms with Gasteiger partial charge in [0, 0.05) is 12.1 Å². The van der Waals surface area contributed by atoms with Gasteiger partial charge in [-0.3, -0.25) is 0 Å². The molecular weight excluding hydrogens is 322 g/mol. The molecule has 0 radical (unpaired) electrons. The van der Waals surface area contributed by atoms with E-state index in [1.807, 2.05) is 6.07 Å². The van der Waals surface area contributed by atoms with Crippen molar-refractivity contribution in [3.8, 4) is 17.6 Å². The van der Waals surface area contributed by atoms with Crippen LogP contribution in [0.3, 0.4) is 0 Å². The minimum Gasteiger partial charge on any atom is -0.496 e. The molecule has 0 aliphatic rings. The summed E-state index contributed by atoms with van der Waals surface area (Å²) in [6.45, 7) is 0. The topological polar surface area (TPSA) is 92.7 Å². The predicted octanol–water partition coefficient (Wildman–Crippen LogP) is 2.76. The van der Waals surface area contributed by atoms with E-state index < -0.39 is 11.7 Å². The van der Waals surface area contributed by atoms with Crippen molar-refractivity contribution in [2.75, 3.05) is 14.2 Å². The maximum atomic E-state index is 12.3. The third-order valence-corrected chi connectivity index (χ3v) is 3.92. The summed E-state index contributed by atoms with van der Waals surface area (Å²) < 4.78 is 15.8. The molecule has 126 valence electrons. The van der Waals surface area contributed by atoms with Crippen molar-refractivity contribution in [2.45, 2.75) is 6.10 Å². The lowest BCUT2D eigenvalue weighted by atomic mass is 10.0. The average Bonchev–Trinajstić information content (AvgIpc) is 2.65. The molecule has 0 amide bonds. The molecule has 6 heteroatoms. The smallest absolute Gasteiger partial charge is 0.342 e. The first-order valence-electron chi connectivity index (χ1n) is 7.45. The van der Waals surface area contributed by atoms with Gasteiger partial charge in [-0.15, -0.1) is 0 Å². The lowest BCUT2D eigenvalue weighted by Gasteiger charge is -2.13. The Bertz CT molecular complexity index is 1010. The summed E-state index contributed by atoms with van der Waals surface area (Å²) in [4.78, 5) is 12.3. The molecule has 2 aromatic carbocycles. The highest BCUT2D eigenvalue weighted by atomic mass is 16.5. The van der Waals surface area contributed by atoms with Crippen molar-refractivity contribution in [1.82, 2.24) is 0 Å². The summed E-state index contributed by atoms with van der Waals surface area (Å²) in [6, 6.07) is 13.1. The van der Waals surface area contributed by atoms with Gasteiger partial charge >= 0.3 is 5.63 Å². The van der Waals surface area contributed by atoms with E-state index >= 15 is 0 Å². The van der Waals surface area contributed by atoms with Crippen LogP contribution in [0.4, 0.5) is 0 Å². The molecule has 3 rings (SSSR count). The predicted molar refractivity (Wildman–Crippen MR) is 90.8 cm³/mol. The van der Waals surface area contributed by atoms with Crippen LogP contribution in [0.2, 0.25) is 0 Å². The van der Waals surface area contributed by atoms with Gasteiger partial charge in [0.15, 0.2) is 0 Å². The highest BCUT2D eigenvalue weighted by Gasteiger charge is 2.19. The van der Waals surface area contributed by atoms with E-state index in [9.17, 15) is 9.90 Å². The molecule has 6 nitrogen and oxygen atoms in total. The minimum absolute atomic E-state index is 0.0840. The van der Waals surface area contributed by atoms with Crippen LogP contribution in [0, 0.1) is 11.3 Å². The summed E-state index contributed by atoms with van der Waals surface area (Å²) >= 11 is 0. The number of nitrogens with zero attached hydrogens (tertiary/aromatic N) is 1. The molecule has 0 fully saturated rings. The number of hydrogen-bond donors (Lipinski definition) is 1. The van der Waals surface area contributed by atoms with Gasteiger partial charge in [0.05, 0.1) is 36.8 Å². The molecule has 1 aromatic heterocycles. The largest absolute Gasteiger partial charge is 0.496 e. The molecule has 1 N–H and O–H groups in total. The van der Waals surface area contributed by atoms with Crippen LogP contribution < -0.4 is 15.1 Å². The van der Waals surface area contributed by atoms with Gasteiger partial charge < -0.3 is 19.0 Å². The monoisotopic (exact) mass is 337 g/mol. The van der Waals surface area contributed by atoms with Gasteiger partial charge in [-0.25, -0.2) is 4.79 Å². The Morgan fingerprint density at radius 3 is 2.44 bits per heavy atom. The maximum absolute atomic E-state index is 12.3. The summed E-state index contributed by atoms with van der Waals surface area (Å²) in [6.07, 6.45) is -1.18. The number of rotatable bonds is 4. The molecule has 0 saturated carbocycles. The Morgan fingerprint density at radius 2 is 1.84 bits per heavy atom. The van der Waals surface area contributed by atoms with E-state index in [0.717, 1.165) is 0 Å². The lowest BCUT2D eigenvalue weighted by molar-refractivity contribution is 0.215. The van der Waals surface area contributed by atoms with E-state index in [2.05, 4.69) is 0 Å². The van der Waals surface area contributed by atoms with E-state index in [0.29, 0.717) is 33.6 Å². The normalized spacial score (nSPS) is 11.8. The van der Waals surface area contributed by atoms with Crippen molar-refractivity contribution in [3.63, 3.8) is 0 Å². The highest BCUT2D eigenvalue weighted by Crippen LogP contribution is 2.32. The van der Waals surface area contributed by atoms with Gasteiger partial charge in [0.2, 0.25) is 0 Å². The zero-order valence-corrected chi connectivity index (χ0v) is 13.6. The van der Waals surface area contributed by atoms with Gasteiger partial charge in [0.25, 0.3) is 0 Å². The molecule has 0 aliphatic heterocycles. The van der Waals surface area contributed by atoms with Crippen LogP contribution >= 0.6 is 0 Å². The standard InChI is InChI=1S/C19H15NO5/c1-23-13-7-16(24-2)14-9-15(19(22)25-17(14)8-13)18(21)12-5-3-11(10-20)4-6-12/h3-9,18,21H,1-2H3. The van der Waals surface area contributed by atoms with E-state index in [-0.39, 0.29) is 5.56 Å². The van der Waals surface area contributed by atoms with Crippen LogP contribution in [0.1, 0.15) is 22.8 Å². The summed E-state index contributed by atoms with van der Waals surface area (Å²) in [7, 11) is 3.00. The van der Waals surface area contributed by atoms with Crippen LogP contribution in [0.25, 0.3) is 11.0 Å². The van der Waals surface area contributed by atoms with Crippen molar-refractivity contribution in [1.29, 1.82) is 5.26 Å². The zero-order valence-electron chi connectivity index (χ0n) is 13.6. The molecule has 0 spiro atoms. The Hall–Kier alpha value is -3.30. The Kier molecular flexibility index (Phi) is 4.42. The molecule has 1 heterocycles. The number of methoxy groups -OCH3 is 2. The Labute approximate surface area is 143 Å². The number of ether oxygens (including phenoxy) is 2. The fourth-order valence-electron chi connectivity index (χ4n) is 2.57. The molecule has 1 atom stereocenters. The minimum atomic E-state index is -1.18. The van der Waals surface area contributed by atoms with Gasteiger partial charge in [-0.2, -0.15) is 5.26 Å². The van der Waals surface area contributed by atoms with Crippen LogP contribution in [0.5, 0.6) is 11.5 Å². The summed E-state index contributed by atoms with van der Waals surface area (Å²) in [5.74, 6) is 0.958. The number of benzene rings is 2. The quantitative estimate of drug-likeness (QED) is 0.736. The second-order valence-electron chi connectivity index (χ2n) is 5.37. The van der Waals surface area contributed by atoms with Crippen molar-refractivity contribution < 1.29 is 19.0 Å². The number of nitriles is 1. The summed E-state index contributed by atoms with van der Waals surface area (Å²) in [5, 5.41) is 19.9. The zero-order chi connectivity index (χ0) is 18.0. The second-order valence-corrected chi connectivity index (χ2v) is 5.37. The SMILES string of the molecule is COc1cc(OC)c2cc(C(O)c3ccc(C#N)cc3)c(=O)oc2c1. The first-order valence-corrected chi connectivity index (χ1v) is 7.45. The molecular formula is C19H15NO5. The van der Waals surface area contributed by atoms with E-state index in [1.165, 1.54) is 14.2 Å². The molecule has 0 saturated heterocycles. The second kappa shape index (κ2) is 6.67. The van der Waals surface area contributed by atoms with Crippen molar-refractivity contribution in [2.24, 2.45) is 0 Å². The highest BCUT2D eigenvalue weighted by molar-refractivity contribution is 5.85. The molecule has 0 bridgehead atoms. The fraction of sp³-hybridized carbons (Fsp3) is 0.158. The first kappa shape index (κ1) is 16.6. The van der Waals surface area contributed by atoms with E-state index in [1.54, 1.807) is 42.5 Å². The molecule has 1 unspecified atom stereocenters. The third kappa shape index (κ3) is 3.05. The number of aliphatic hydroxyl groups is 1. The average molecular weight is 337 g/mol. The fourth-order valence-corrected chi connectivity index (χ4v) is 2.57. The van der Waals surface area contributed by atoms with Crippen molar-refractivity contribution in [3.05, 3.63) is 69.6 Å². The maximum Gasteiger partial charge on any atom is 0.342 e. The number of fused-ring (bicyclic) bond motifs is 1. The third-order valence-electron chi connectivity index (χ3n) is 3.92. The van der Waals surface area contributed by atoms with Crippen LogP contribution in [-0.4, -0.2) is 19.3 Å². The molecule has 3 aromatic rings. The molecule has 25 heavy (non-hydrogen) atoms. The first-order chi connectivity index (χ1) is 12.1. The number of hydrogen-bond acceptors (Lipinski definition) is 6. The van der Waals surface area contributed by atoms with E-state index in [4.69, 9.17) is 19.2 Å². The molecule has 0 aliphatic carbocycles. The van der Waals surface area contributed by atoms with Crippen LogP contribution in [0.15, 0.2) is 51.7 Å². The number of aliphatic hydroxyl groups excluding tert-OH is 1. The van der Waals surface area contributed by atoms with Gasteiger partial charge in [0.1, 0.15) is 23.2 Å². The summed E-state index contributed by atoms with van der Waals surface area (Å²) in [5.41, 5.74) is 0.686. The van der Waals surface area contributed by atoms with Crippen molar-refractivity contribution >= 4 is 11.0 Å². The van der Waals surface area contributed by atoms with Crippen LogP contribution in [-0.2, 0) is 0 Å². The Balaban J connectivity index is 2.14. The van der Waals surface area contributed by atoms with Gasteiger partial charge in [-0.05, 0) is 23.8 Å².